The van der Waals surface area contributed by atoms with Gasteiger partial charge in [0, 0.05) is 0 Å². The van der Waals surface area contributed by atoms with Gasteiger partial charge >= 0.3 is 12.1 Å². The monoisotopic (exact) mass is 335 g/mol. The molecule has 23 heavy (non-hydrogen) atoms. The number of carbonyl (C=O) groups excluding carboxylic acids is 2. The van der Waals surface area contributed by atoms with E-state index < -0.39 is 41.9 Å². The second kappa shape index (κ2) is 7.00. The molecule has 3 atom stereocenters. The van der Waals surface area contributed by atoms with Crippen LogP contribution < -0.4 is 0 Å². The summed E-state index contributed by atoms with van der Waals surface area (Å²) in [6, 6.07) is -0.806. The molecule has 0 radical (unpaired) electrons. The molecule has 0 aromatic rings. The van der Waals surface area contributed by atoms with Crippen LogP contribution in [0.1, 0.15) is 34.6 Å². The summed E-state index contributed by atoms with van der Waals surface area (Å²) in [6.45, 7) is 7.55. The highest BCUT2D eigenvalue weighted by atomic mass is 16.8. The molecule has 0 saturated carbocycles. The lowest BCUT2D eigenvalue weighted by Crippen LogP contribution is -2.53. The zero-order chi connectivity index (χ0) is 18.0. The molecule has 1 N–H and O–H groups in total. The quantitative estimate of drug-likeness (QED) is 0.447. The van der Waals surface area contributed by atoms with Gasteiger partial charge in [-0.25, -0.2) is 14.4 Å². The van der Waals surface area contributed by atoms with Crippen LogP contribution in [0, 0.1) is 0 Å². The second-order valence-corrected chi connectivity index (χ2v) is 6.12. The maximum absolute atomic E-state index is 12.0. The van der Waals surface area contributed by atoms with Crippen LogP contribution in [0.3, 0.4) is 0 Å². The van der Waals surface area contributed by atoms with Gasteiger partial charge in [0.05, 0.1) is 20.3 Å². The zero-order valence-corrected chi connectivity index (χ0v) is 14.5. The number of rotatable bonds is 5. The van der Waals surface area contributed by atoms with Crippen LogP contribution in [-0.2, 0) is 28.6 Å². The van der Waals surface area contributed by atoms with Gasteiger partial charge in [0.25, 0.3) is 0 Å². The summed E-state index contributed by atoms with van der Waals surface area (Å²) in [6.07, 6.45) is -2.78. The number of carbonyl (C=O) groups is 2. The number of methoxy groups -OCH3 is 2. The van der Waals surface area contributed by atoms with E-state index in [4.69, 9.17) is 19.0 Å². The molecule has 1 saturated heterocycles. The molecule has 1 rings (SSSR count). The molecule has 0 bridgehead atoms. The topological polar surface area (TPSA) is 104 Å². The minimum Gasteiger partial charge on any atom is -0.467 e. The van der Waals surface area contributed by atoms with Crippen molar-refractivity contribution in [1.29, 1.82) is 0 Å². The Bertz CT molecular complexity index is 445. The van der Waals surface area contributed by atoms with Crippen LogP contribution in [0.2, 0.25) is 0 Å². The Hall–Kier alpha value is -1.42. The van der Waals surface area contributed by atoms with Crippen LogP contribution >= 0.6 is 0 Å². The minimum absolute atomic E-state index is 0.638. The van der Waals surface area contributed by atoms with Crippen molar-refractivity contribution in [1.82, 2.24) is 5.06 Å². The van der Waals surface area contributed by atoms with Gasteiger partial charge in [-0.1, -0.05) is 0 Å². The predicted octanol–water partition coefficient (Wildman–Crippen LogP) is 0.796. The minimum atomic E-state index is -1.64. The molecular formula is C14H25NO8. The molecule has 1 amide bonds. The third kappa shape index (κ3) is 5.03. The molecule has 9 nitrogen and oxygen atoms in total. The molecule has 0 aliphatic carbocycles. The van der Waals surface area contributed by atoms with Gasteiger partial charge in [0.15, 0.2) is 17.7 Å². The number of ether oxygens (including phenoxy) is 4. The van der Waals surface area contributed by atoms with Crippen LogP contribution in [0.25, 0.3) is 0 Å². The number of hydroxylamine groups is 2. The van der Waals surface area contributed by atoms with Crippen LogP contribution in [0.15, 0.2) is 0 Å². The molecule has 0 aromatic carbocycles. The SMILES string of the molecule is COC(=O)[C@H]1OC(C)(C)O[C@@H]1[C@H](C)N(OC(C)(C)O)C(=O)OC. The van der Waals surface area contributed by atoms with Gasteiger partial charge in [0.2, 0.25) is 0 Å². The Balaban J connectivity index is 3.06. The van der Waals surface area contributed by atoms with Crippen molar-refractivity contribution in [2.24, 2.45) is 0 Å². The van der Waals surface area contributed by atoms with E-state index >= 15 is 0 Å². The summed E-state index contributed by atoms with van der Waals surface area (Å²) < 4.78 is 20.6. The Morgan fingerprint density at radius 3 is 2.22 bits per heavy atom. The predicted molar refractivity (Wildman–Crippen MR) is 76.9 cm³/mol. The first-order valence-corrected chi connectivity index (χ1v) is 7.14. The average molecular weight is 335 g/mol. The fraction of sp³-hybridized carbons (Fsp3) is 0.857. The number of amides is 1. The maximum Gasteiger partial charge on any atom is 0.434 e. The molecule has 1 heterocycles. The molecule has 0 spiro atoms. The summed E-state index contributed by atoms with van der Waals surface area (Å²) in [5, 5.41) is 10.6. The maximum atomic E-state index is 12.0. The normalized spacial score (nSPS) is 24.9. The Labute approximate surface area is 135 Å². The highest BCUT2D eigenvalue weighted by Crippen LogP contribution is 2.33. The number of nitrogens with zero attached hydrogens (tertiary/aromatic N) is 1. The van der Waals surface area contributed by atoms with E-state index in [2.05, 4.69) is 4.74 Å². The average Bonchev–Trinajstić information content (AvgIpc) is 2.77. The molecular weight excluding hydrogens is 310 g/mol. The smallest absolute Gasteiger partial charge is 0.434 e. The van der Waals surface area contributed by atoms with Crippen molar-refractivity contribution < 1.29 is 38.5 Å². The molecule has 1 fully saturated rings. The summed E-state index contributed by atoms with van der Waals surface area (Å²) in [4.78, 5) is 29.1. The van der Waals surface area contributed by atoms with Gasteiger partial charge in [-0.2, -0.15) is 5.06 Å². The summed E-state index contributed by atoms with van der Waals surface area (Å²) in [5.74, 6) is -3.33. The molecule has 134 valence electrons. The van der Waals surface area contributed by atoms with Crippen LogP contribution in [0.4, 0.5) is 4.79 Å². The first kappa shape index (κ1) is 19.6. The van der Waals surface area contributed by atoms with Gasteiger partial charge in [-0.15, -0.1) is 0 Å². The third-order valence-electron chi connectivity index (χ3n) is 3.08. The van der Waals surface area contributed by atoms with Crippen LogP contribution in [0.5, 0.6) is 0 Å². The lowest BCUT2D eigenvalue weighted by Gasteiger charge is -2.34. The first-order chi connectivity index (χ1) is 10.4. The molecule has 0 aromatic heterocycles. The number of aliphatic hydroxyl groups is 1. The molecule has 0 unspecified atom stereocenters. The van der Waals surface area contributed by atoms with Crippen molar-refractivity contribution in [2.45, 2.75) is 64.4 Å². The zero-order valence-electron chi connectivity index (χ0n) is 14.5. The molecule has 1 aliphatic rings. The number of hydrogen-bond acceptors (Lipinski definition) is 8. The molecule has 9 heteroatoms. The van der Waals surface area contributed by atoms with E-state index in [1.165, 1.54) is 28.1 Å². The standard InChI is InChI=1S/C14H25NO8/c1-8(15(12(17)20-7)23-13(2,3)18)9-10(11(16)19-6)22-14(4,5)21-9/h8-10,18H,1-7H3/t8-,9+,10-/m0/s1. The van der Waals surface area contributed by atoms with Crippen molar-refractivity contribution in [3.8, 4) is 0 Å². The summed E-state index contributed by atoms with van der Waals surface area (Å²) in [5.41, 5.74) is 0. The van der Waals surface area contributed by atoms with Crippen LogP contribution in [-0.4, -0.2) is 66.3 Å². The summed E-state index contributed by atoms with van der Waals surface area (Å²) >= 11 is 0. The lowest BCUT2D eigenvalue weighted by atomic mass is 10.1. The highest BCUT2D eigenvalue weighted by molar-refractivity contribution is 5.76. The van der Waals surface area contributed by atoms with E-state index in [1.807, 2.05) is 0 Å². The van der Waals surface area contributed by atoms with E-state index in [9.17, 15) is 14.7 Å². The number of esters is 1. The van der Waals surface area contributed by atoms with Crippen molar-refractivity contribution >= 4 is 12.1 Å². The fourth-order valence-electron chi connectivity index (χ4n) is 2.19. The molecule has 1 aliphatic heterocycles. The Kier molecular flexibility index (Phi) is 5.97. The Morgan fingerprint density at radius 2 is 1.78 bits per heavy atom. The van der Waals surface area contributed by atoms with E-state index in [1.54, 1.807) is 20.8 Å². The first-order valence-electron chi connectivity index (χ1n) is 7.14. The van der Waals surface area contributed by atoms with E-state index in [0.717, 1.165) is 5.06 Å². The van der Waals surface area contributed by atoms with Crippen molar-refractivity contribution in [3.63, 3.8) is 0 Å². The van der Waals surface area contributed by atoms with Gasteiger partial charge in [-0.05, 0) is 34.6 Å². The summed E-state index contributed by atoms with van der Waals surface area (Å²) in [7, 11) is 2.40. The lowest BCUT2D eigenvalue weighted by molar-refractivity contribution is -0.313. The van der Waals surface area contributed by atoms with E-state index in [0.29, 0.717) is 0 Å². The largest absolute Gasteiger partial charge is 0.467 e. The Morgan fingerprint density at radius 1 is 1.22 bits per heavy atom. The van der Waals surface area contributed by atoms with Crippen molar-refractivity contribution in [3.05, 3.63) is 0 Å². The third-order valence-corrected chi connectivity index (χ3v) is 3.08. The fourth-order valence-corrected chi connectivity index (χ4v) is 2.19. The van der Waals surface area contributed by atoms with Gasteiger partial charge in [0.1, 0.15) is 6.10 Å². The van der Waals surface area contributed by atoms with E-state index in [-0.39, 0.29) is 0 Å². The highest BCUT2D eigenvalue weighted by Gasteiger charge is 2.51. The second-order valence-electron chi connectivity index (χ2n) is 6.12. The van der Waals surface area contributed by atoms with Crippen molar-refractivity contribution in [2.75, 3.05) is 14.2 Å². The van der Waals surface area contributed by atoms with Gasteiger partial charge < -0.3 is 24.1 Å². The van der Waals surface area contributed by atoms with Gasteiger partial charge in [-0.3, -0.25) is 0 Å². The number of hydrogen-bond donors (Lipinski definition) is 1.